The Balaban J connectivity index is 0.000000186. The van der Waals surface area contributed by atoms with Gasteiger partial charge in [0.2, 0.25) is 0 Å². The molecule has 0 spiro atoms. The zero-order chi connectivity index (χ0) is 63.0. The molecule has 2 aliphatic carbocycles. The van der Waals surface area contributed by atoms with Crippen LogP contribution in [0.3, 0.4) is 0 Å². The maximum atomic E-state index is 13.3. The highest BCUT2D eigenvalue weighted by Gasteiger charge is 2.29. The normalized spacial score (nSPS) is 17.4. The SMILES string of the molecule is CC(C)(C)OC(=O)N1CCN(c2cc(C(=O)O)cc(NC3CCC3)n2)CC1.NC[C@H](O)CN1CCc2cc(OCc3cnco3)ccc2C1.O=C(CC[C@H](O)CN1CCc2cc(OCc3cnco3)ccc2C1)c1cc(NC2CCC2)nc(N2CCNCC2)c1.S.S. The monoisotopic (exact) mass is 1310 g/mol. The van der Waals surface area contributed by atoms with Crippen molar-refractivity contribution in [3.63, 3.8) is 0 Å². The van der Waals surface area contributed by atoms with Gasteiger partial charge in [0.15, 0.2) is 30.1 Å². The van der Waals surface area contributed by atoms with Crippen molar-refractivity contribution >= 4 is 68.1 Å². The van der Waals surface area contributed by atoms with Crippen LogP contribution < -0.4 is 41.0 Å². The van der Waals surface area contributed by atoms with Gasteiger partial charge in [0.1, 0.15) is 53.6 Å². The molecule has 6 aromatic rings. The lowest BCUT2D eigenvalue weighted by atomic mass is 9.93. The predicted molar refractivity (Wildman–Crippen MR) is 361 cm³/mol. The quantitative estimate of drug-likeness (QED) is 0.0327. The maximum Gasteiger partial charge on any atom is 0.410 e. The number of anilines is 4. The third-order valence-corrected chi connectivity index (χ3v) is 17.0. The number of aromatic nitrogens is 4. The van der Waals surface area contributed by atoms with E-state index in [1.165, 1.54) is 47.9 Å². The molecule has 8 N–H and O–H groups in total. The lowest BCUT2D eigenvalue weighted by Crippen LogP contribution is -2.50. The second kappa shape index (κ2) is 34.1. The molecule has 12 rings (SSSR count). The van der Waals surface area contributed by atoms with Crippen LogP contribution >= 0.6 is 27.0 Å². The van der Waals surface area contributed by atoms with Crippen molar-refractivity contribution in [1.29, 1.82) is 0 Å². The number of β-amino-alcohol motifs (C(OH)–C–C–N with tert-alkyl or cyclic N) is 2. The number of carbonyl (C=O) groups excluding carboxylic acids is 2. The highest BCUT2D eigenvalue weighted by atomic mass is 32.1. The fraction of sp³-hybridized carbons (Fsp3) is 0.530. The summed E-state index contributed by atoms with van der Waals surface area (Å²) in [5.41, 5.74) is 10.9. The van der Waals surface area contributed by atoms with Crippen molar-refractivity contribution < 1.29 is 52.7 Å². The molecule has 0 bridgehead atoms. The summed E-state index contributed by atoms with van der Waals surface area (Å²) in [7, 11) is 0. The number of rotatable bonds is 22. The van der Waals surface area contributed by atoms with Gasteiger partial charge in [-0.15, -0.1) is 0 Å². The molecule has 24 nitrogen and oxygen atoms in total. The number of aliphatic hydroxyl groups excluding tert-OH is 2. The number of hydrogen-bond acceptors (Lipinski definition) is 22. The summed E-state index contributed by atoms with van der Waals surface area (Å²) in [6, 6.07) is 20.1. The number of fused-ring (bicyclic) bond motifs is 2. The van der Waals surface area contributed by atoms with Gasteiger partial charge in [0.25, 0.3) is 0 Å². The van der Waals surface area contributed by atoms with Crippen molar-refractivity contribution in [2.75, 3.05) is 106 Å². The van der Waals surface area contributed by atoms with Gasteiger partial charge in [-0.2, -0.15) is 27.0 Å². The molecule has 2 saturated heterocycles. The second-order valence-electron chi connectivity index (χ2n) is 25.1. The molecule has 2 aromatic carbocycles. The Hall–Kier alpha value is -7.17. The Kier molecular flexibility index (Phi) is 26.2. The highest BCUT2D eigenvalue weighted by molar-refractivity contribution is 7.59. The van der Waals surface area contributed by atoms with E-state index >= 15 is 0 Å². The molecule has 4 fully saturated rings. The number of carbonyl (C=O) groups is 3. The minimum Gasteiger partial charge on any atom is -0.486 e. The zero-order valence-electron chi connectivity index (χ0n) is 53.2. The lowest BCUT2D eigenvalue weighted by molar-refractivity contribution is 0.0240. The van der Waals surface area contributed by atoms with Crippen molar-refractivity contribution in [3.8, 4) is 11.5 Å². The summed E-state index contributed by atoms with van der Waals surface area (Å²) in [4.78, 5) is 64.6. The van der Waals surface area contributed by atoms with Gasteiger partial charge in [0.05, 0.1) is 30.2 Å². The van der Waals surface area contributed by atoms with Crippen LogP contribution in [0.15, 0.2) is 94.7 Å². The summed E-state index contributed by atoms with van der Waals surface area (Å²) in [5.74, 6) is 5.01. The van der Waals surface area contributed by atoms with Gasteiger partial charge in [-0.3, -0.25) is 14.6 Å². The van der Waals surface area contributed by atoms with Crippen LogP contribution in [0.2, 0.25) is 0 Å². The second-order valence-corrected chi connectivity index (χ2v) is 25.1. The third-order valence-electron chi connectivity index (χ3n) is 17.0. The fourth-order valence-electron chi connectivity index (χ4n) is 11.5. The number of nitrogens with one attached hydrogen (secondary N) is 3. The molecule has 0 unspecified atom stereocenters. The lowest BCUT2D eigenvalue weighted by Gasteiger charge is -2.36. The number of Topliss-reactive ketones (excluding diaryl/α,β-unsaturated/α-hetero) is 1. The molecule has 26 heteroatoms. The number of nitrogens with zero attached hydrogens (tertiary/aromatic N) is 9. The van der Waals surface area contributed by atoms with Gasteiger partial charge in [-0.05, 0) is 149 Å². The van der Waals surface area contributed by atoms with Crippen molar-refractivity contribution in [2.45, 2.75) is 141 Å². The minimum absolute atomic E-state index is 0. The summed E-state index contributed by atoms with van der Waals surface area (Å²) < 4.78 is 27.4. The molecule has 2 saturated carbocycles. The molecule has 4 aromatic heterocycles. The first-order valence-electron chi connectivity index (χ1n) is 31.8. The number of aliphatic hydroxyl groups is 2. The number of amides is 1. The van der Waals surface area contributed by atoms with Crippen LogP contribution in [-0.2, 0) is 43.9 Å². The average molecular weight is 1310 g/mol. The minimum atomic E-state index is -0.970. The van der Waals surface area contributed by atoms with Crippen LogP contribution in [0.5, 0.6) is 11.5 Å². The van der Waals surface area contributed by atoms with Gasteiger partial charge in [-0.1, -0.05) is 12.1 Å². The van der Waals surface area contributed by atoms with E-state index < -0.39 is 23.8 Å². The first kappa shape index (κ1) is 70.7. The average Bonchev–Trinajstić information content (AvgIpc) is 0.885. The van der Waals surface area contributed by atoms with Crippen LogP contribution in [0, 0.1) is 0 Å². The molecule has 4 aliphatic heterocycles. The molecule has 6 aliphatic rings. The standard InChI is InChI=1S/C31H40N6O4.C19H28N4O4.C16H21N3O3.2H2S/c38-26(19-36-11-8-22-14-27(6-4-23(22)18-36)40-20-28-17-33-21-41-28)5-7-29(39)24-15-30(34-25-2-1-3-25)35-31(16-24)37-12-9-32-10-13-37;1-19(2,3)27-18(26)23-9-7-22(8-10-23)16-12-13(17(24)25)11-15(21-16)20-14-5-4-6-14;17-6-14(20)9-19-4-3-12-5-15(2-1-13(12)8-19)21-10-16-7-18-11-22-16;;/h4,6,14-17,21,25-26,32,38H,1-3,5,7-13,18-20H2,(H,34,35);11-12,14H,4-10H2,1-3H3,(H,20,21)(H,24,25);1-2,5,7,11,14,20H,3-4,6,8-10,17H2;2*1H2/t26-;;14-;;/m0.0../s1. The molecular weight excluding hydrogens is 1210 g/mol. The number of ether oxygens (including phenoxy) is 3. The molecule has 92 heavy (non-hydrogen) atoms. The Labute approximate surface area is 552 Å². The first-order chi connectivity index (χ1) is 43.5. The molecule has 8 heterocycles. The number of oxazole rings is 2. The predicted octanol–water partition coefficient (Wildman–Crippen LogP) is 7.36. The van der Waals surface area contributed by atoms with Gasteiger partial charge >= 0.3 is 12.1 Å². The van der Waals surface area contributed by atoms with E-state index in [2.05, 4.69) is 69.9 Å². The molecule has 0 radical (unpaired) electrons. The summed E-state index contributed by atoms with van der Waals surface area (Å²) in [6.07, 6.45) is 14.3. The Morgan fingerprint density at radius 1 is 0.663 bits per heavy atom. The van der Waals surface area contributed by atoms with Crippen LogP contribution in [0.4, 0.5) is 28.1 Å². The third kappa shape index (κ3) is 20.9. The van der Waals surface area contributed by atoms with Crippen LogP contribution in [0.25, 0.3) is 0 Å². The van der Waals surface area contributed by atoms with E-state index in [1.54, 1.807) is 29.4 Å². The van der Waals surface area contributed by atoms with E-state index in [0.29, 0.717) is 113 Å². The summed E-state index contributed by atoms with van der Waals surface area (Å²) >= 11 is 0. The number of nitrogens with two attached hydrogens (primary N) is 1. The number of piperazine rings is 2. The highest BCUT2D eigenvalue weighted by Crippen LogP contribution is 2.30. The Morgan fingerprint density at radius 3 is 1.63 bits per heavy atom. The first-order valence-corrected chi connectivity index (χ1v) is 31.8. The Bertz CT molecular complexity index is 3280. The molecule has 2 atom stereocenters. The fourth-order valence-corrected chi connectivity index (χ4v) is 11.5. The van der Waals surface area contributed by atoms with Gasteiger partial charge < -0.3 is 74.7 Å². The van der Waals surface area contributed by atoms with Gasteiger partial charge in [-0.25, -0.2) is 29.5 Å². The van der Waals surface area contributed by atoms with Crippen molar-refractivity contribution in [1.82, 2.24) is 40.0 Å². The molecule has 1 amide bonds. The zero-order valence-corrected chi connectivity index (χ0v) is 55.2. The summed E-state index contributed by atoms with van der Waals surface area (Å²) in [6.45, 7) is 16.9. The summed E-state index contributed by atoms with van der Waals surface area (Å²) in [5, 5.41) is 40.2. The largest absolute Gasteiger partial charge is 0.486 e. The van der Waals surface area contributed by atoms with E-state index in [0.717, 1.165) is 114 Å². The molecule has 500 valence electrons. The van der Waals surface area contributed by atoms with Crippen molar-refractivity contribution in [2.24, 2.45) is 5.73 Å². The van der Waals surface area contributed by atoms with Crippen LogP contribution in [-0.4, -0.2) is 183 Å². The topological polar surface area (TPSA) is 296 Å². The van der Waals surface area contributed by atoms with E-state index in [4.69, 9.17) is 33.8 Å². The van der Waals surface area contributed by atoms with E-state index in [-0.39, 0.29) is 44.4 Å². The number of pyridine rings is 2. The Morgan fingerprint density at radius 2 is 1.16 bits per heavy atom. The molecular formula is C66H93N13O11S2. The smallest absolute Gasteiger partial charge is 0.410 e. The number of hydrogen-bond donors (Lipinski definition) is 7. The number of ketones is 1. The van der Waals surface area contributed by atoms with Crippen LogP contribution in [0.1, 0.15) is 127 Å². The maximum absolute atomic E-state index is 13.3. The van der Waals surface area contributed by atoms with E-state index in [1.807, 2.05) is 49.9 Å². The van der Waals surface area contributed by atoms with Crippen molar-refractivity contribution in [3.05, 3.63) is 131 Å². The number of carboxylic acids is 1. The number of benzene rings is 2. The van der Waals surface area contributed by atoms with E-state index in [9.17, 15) is 29.7 Å². The van der Waals surface area contributed by atoms with Gasteiger partial charge in [0, 0.05) is 122 Å². The number of aromatic carboxylic acids is 1. The number of carboxylic acid groups (broad SMARTS) is 1.